The number of ether oxygens (including phenoxy) is 1. The van der Waals surface area contributed by atoms with E-state index in [0.29, 0.717) is 38.8 Å². The van der Waals surface area contributed by atoms with E-state index in [2.05, 4.69) is 22.1 Å². The van der Waals surface area contributed by atoms with Crippen LogP contribution in [0, 0.1) is 0 Å². The third-order valence-electron chi connectivity index (χ3n) is 5.90. The second-order valence-corrected chi connectivity index (χ2v) is 7.87. The van der Waals surface area contributed by atoms with Crippen LogP contribution in [-0.4, -0.2) is 50.7 Å². The Balaban J connectivity index is 1.34. The molecule has 148 valence electrons. The molecule has 6 nitrogen and oxygen atoms in total. The Hall–Kier alpha value is -2.31. The largest absolute Gasteiger partial charge is 0.393 e. The van der Waals surface area contributed by atoms with Crippen LogP contribution in [0.25, 0.3) is 0 Å². The number of aryl methyl sites for hydroxylation is 1. The summed E-state index contributed by atoms with van der Waals surface area (Å²) in [5, 5.41) is 10.5. The van der Waals surface area contributed by atoms with E-state index in [0.717, 1.165) is 24.1 Å². The van der Waals surface area contributed by atoms with E-state index in [-0.39, 0.29) is 23.7 Å². The Labute approximate surface area is 165 Å². The topological polar surface area (TPSA) is 75.6 Å². The number of benzene rings is 1. The van der Waals surface area contributed by atoms with Crippen molar-refractivity contribution in [2.24, 2.45) is 0 Å². The number of rotatable bonds is 4. The molecular weight excluding hydrogens is 354 g/mol. The monoisotopic (exact) mass is 381 g/mol. The smallest absolute Gasteiger partial charge is 0.222 e. The molecule has 0 aliphatic carbocycles. The molecule has 1 spiro atoms. The van der Waals surface area contributed by atoms with Crippen LogP contribution in [0.1, 0.15) is 49.5 Å². The number of hydrogen-bond acceptors (Lipinski definition) is 5. The highest BCUT2D eigenvalue weighted by molar-refractivity contribution is 5.76. The predicted octanol–water partition coefficient (Wildman–Crippen LogP) is 2.68. The molecule has 2 saturated heterocycles. The van der Waals surface area contributed by atoms with Gasteiger partial charge < -0.3 is 14.7 Å². The summed E-state index contributed by atoms with van der Waals surface area (Å²) in [7, 11) is 0. The first kappa shape index (κ1) is 19.0. The van der Waals surface area contributed by atoms with Crippen molar-refractivity contribution in [1.82, 2.24) is 14.9 Å². The Morgan fingerprint density at radius 1 is 1.21 bits per heavy atom. The van der Waals surface area contributed by atoms with Gasteiger partial charge in [-0.05, 0) is 24.8 Å². The lowest BCUT2D eigenvalue weighted by molar-refractivity contribution is -0.185. The van der Waals surface area contributed by atoms with Crippen molar-refractivity contribution in [3.05, 3.63) is 60.2 Å². The minimum absolute atomic E-state index is 0.0798. The van der Waals surface area contributed by atoms with Gasteiger partial charge >= 0.3 is 0 Å². The zero-order chi connectivity index (χ0) is 19.4. The van der Waals surface area contributed by atoms with Crippen molar-refractivity contribution in [2.75, 3.05) is 13.1 Å². The van der Waals surface area contributed by atoms with Gasteiger partial charge in [-0.1, -0.05) is 30.3 Å². The van der Waals surface area contributed by atoms with E-state index in [9.17, 15) is 9.90 Å². The SMILES string of the molecule is O=C(CCc1cnccn1)N1CCC2(CC1)C[C@H](O)C[C@H](c1ccccc1)O2. The second kappa shape index (κ2) is 8.37. The molecule has 1 amide bonds. The van der Waals surface area contributed by atoms with Crippen molar-refractivity contribution >= 4 is 5.91 Å². The molecule has 1 aromatic heterocycles. The number of amides is 1. The highest BCUT2D eigenvalue weighted by atomic mass is 16.5. The molecule has 0 saturated carbocycles. The summed E-state index contributed by atoms with van der Waals surface area (Å²) >= 11 is 0. The van der Waals surface area contributed by atoms with Crippen molar-refractivity contribution in [1.29, 1.82) is 0 Å². The molecule has 2 aliphatic heterocycles. The third-order valence-corrected chi connectivity index (χ3v) is 5.90. The standard InChI is InChI=1S/C22H27N3O3/c26-19-14-20(17-4-2-1-3-5-17)28-22(15-19)8-12-25(13-9-22)21(27)7-6-18-16-23-10-11-24-18/h1-5,10-11,16,19-20,26H,6-9,12-15H2/t19-,20-/m1/s1. The zero-order valence-electron chi connectivity index (χ0n) is 16.0. The summed E-state index contributed by atoms with van der Waals surface area (Å²) in [6.07, 6.45) is 8.43. The van der Waals surface area contributed by atoms with Gasteiger partial charge in [0.15, 0.2) is 0 Å². The summed E-state index contributed by atoms with van der Waals surface area (Å²) in [6.45, 7) is 1.35. The Morgan fingerprint density at radius 3 is 2.71 bits per heavy atom. The molecule has 2 aliphatic rings. The number of nitrogens with zero attached hydrogens (tertiary/aromatic N) is 3. The average molecular weight is 381 g/mol. The molecule has 3 heterocycles. The van der Waals surface area contributed by atoms with Crippen LogP contribution >= 0.6 is 0 Å². The summed E-state index contributed by atoms with van der Waals surface area (Å²) in [6, 6.07) is 10.1. The van der Waals surface area contributed by atoms with E-state index in [1.54, 1.807) is 18.6 Å². The lowest BCUT2D eigenvalue weighted by Crippen LogP contribution is -2.52. The van der Waals surface area contributed by atoms with Gasteiger partial charge in [0.1, 0.15) is 0 Å². The molecule has 1 aromatic carbocycles. The van der Waals surface area contributed by atoms with Crippen molar-refractivity contribution in [3.8, 4) is 0 Å². The lowest BCUT2D eigenvalue weighted by atomic mass is 9.81. The maximum absolute atomic E-state index is 12.6. The molecule has 0 bridgehead atoms. The Bertz CT molecular complexity index is 776. The number of likely N-dealkylation sites (tertiary alicyclic amines) is 1. The van der Waals surface area contributed by atoms with Gasteiger partial charge in [0.2, 0.25) is 5.91 Å². The van der Waals surface area contributed by atoms with Crippen LogP contribution < -0.4 is 0 Å². The van der Waals surface area contributed by atoms with Crippen LogP contribution in [0.15, 0.2) is 48.9 Å². The van der Waals surface area contributed by atoms with E-state index in [1.165, 1.54) is 0 Å². The Kier molecular flexibility index (Phi) is 5.69. The molecule has 28 heavy (non-hydrogen) atoms. The quantitative estimate of drug-likeness (QED) is 0.881. The van der Waals surface area contributed by atoms with Gasteiger partial charge in [-0.25, -0.2) is 0 Å². The fourth-order valence-corrected chi connectivity index (χ4v) is 4.37. The zero-order valence-corrected chi connectivity index (χ0v) is 16.0. The van der Waals surface area contributed by atoms with Gasteiger partial charge in [-0.15, -0.1) is 0 Å². The highest BCUT2D eigenvalue weighted by Crippen LogP contribution is 2.42. The normalized spacial score (nSPS) is 24.2. The molecule has 1 N–H and O–H groups in total. The van der Waals surface area contributed by atoms with Crippen LogP contribution in [-0.2, 0) is 16.0 Å². The molecule has 2 aromatic rings. The first-order valence-electron chi connectivity index (χ1n) is 10.1. The number of aliphatic hydroxyl groups excluding tert-OH is 1. The minimum atomic E-state index is -0.363. The molecule has 2 atom stereocenters. The van der Waals surface area contributed by atoms with Crippen LogP contribution in [0.4, 0.5) is 0 Å². The first-order chi connectivity index (χ1) is 13.6. The van der Waals surface area contributed by atoms with Crippen LogP contribution in [0.3, 0.4) is 0 Å². The van der Waals surface area contributed by atoms with Gasteiger partial charge in [0.25, 0.3) is 0 Å². The number of hydrogen-bond donors (Lipinski definition) is 1. The lowest BCUT2D eigenvalue weighted by Gasteiger charge is -2.48. The maximum Gasteiger partial charge on any atom is 0.222 e. The highest BCUT2D eigenvalue weighted by Gasteiger charge is 2.44. The summed E-state index contributed by atoms with van der Waals surface area (Å²) < 4.78 is 6.51. The van der Waals surface area contributed by atoms with Gasteiger partial charge in [0.05, 0.1) is 23.5 Å². The third kappa shape index (κ3) is 4.39. The molecule has 2 fully saturated rings. The number of aromatic nitrogens is 2. The van der Waals surface area contributed by atoms with Crippen LogP contribution in [0.5, 0.6) is 0 Å². The summed E-state index contributed by atoms with van der Waals surface area (Å²) in [5.74, 6) is 0.150. The second-order valence-electron chi connectivity index (χ2n) is 7.87. The van der Waals surface area contributed by atoms with Gasteiger partial charge in [-0.2, -0.15) is 0 Å². The van der Waals surface area contributed by atoms with Crippen molar-refractivity contribution in [2.45, 2.75) is 56.3 Å². The average Bonchev–Trinajstić information content (AvgIpc) is 2.73. The number of carbonyl (C=O) groups is 1. The number of carbonyl (C=O) groups excluding carboxylic acids is 1. The molecular formula is C22H27N3O3. The summed E-state index contributed by atoms with van der Waals surface area (Å²) in [4.78, 5) is 22.8. The fraction of sp³-hybridized carbons (Fsp3) is 0.500. The van der Waals surface area contributed by atoms with E-state index in [1.807, 2.05) is 23.1 Å². The van der Waals surface area contributed by atoms with Crippen molar-refractivity contribution < 1.29 is 14.6 Å². The number of piperidine rings is 1. The number of aliphatic hydroxyl groups is 1. The Morgan fingerprint density at radius 2 is 2.00 bits per heavy atom. The van der Waals surface area contributed by atoms with E-state index < -0.39 is 0 Å². The fourth-order valence-electron chi connectivity index (χ4n) is 4.37. The van der Waals surface area contributed by atoms with Gasteiger partial charge in [0, 0.05) is 50.9 Å². The van der Waals surface area contributed by atoms with E-state index >= 15 is 0 Å². The predicted molar refractivity (Wildman–Crippen MR) is 104 cm³/mol. The van der Waals surface area contributed by atoms with Crippen LogP contribution in [0.2, 0.25) is 0 Å². The summed E-state index contributed by atoms with van der Waals surface area (Å²) in [5.41, 5.74) is 1.62. The maximum atomic E-state index is 12.6. The van der Waals surface area contributed by atoms with Crippen molar-refractivity contribution in [3.63, 3.8) is 0 Å². The molecule has 4 rings (SSSR count). The van der Waals surface area contributed by atoms with Gasteiger partial charge in [-0.3, -0.25) is 14.8 Å². The molecule has 0 radical (unpaired) electrons. The minimum Gasteiger partial charge on any atom is -0.393 e. The molecule has 6 heteroatoms. The van der Waals surface area contributed by atoms with E-state index in [4.69, 9.17) is 4.74 Å². The molecule has 0 unspecified atom stereocenters. The first-order valence-corrected chi connectivity index (χ1v) is 10.1.